The van der Waals surface area contributed by atoms with E-state index in [1.165, 1.54) is 5.56 Å². The van der Waals surface area contributed by atoms with Gasteiger partial charge < -0.3 is 10.1 Å². The SMILES string of the molecule is Cc1ccc(Cl)cc1N=Nc1c(O)[nH]c2ccc(C(C)C)cc12. The molecule has 3 rings (SSSR count). The van der Waals surface area contributed by atoms with Crippen LogP contribution in [0.2, 0.25) is 5.02 Å². The van der Waals surface area contributed by atoms with Gasteiger partial charge in [-0.1, -0.05) is 37.6 Å². The lowest BCUT2D eigenvalue weighted by Gasteiger charge is -2.04. The third kappa shape index (κ3) is 3.08. The molecule has 0 saturated carbocycles. The van der Waals surface area contributed by atoms with E-state index < -0.39 is 0 Å². The number of benzene rings is 2. The van der Waals surface area contributed by atoms with E-state index in [0.29, 0.717) is 22.3 Å². The molecule has 2 aromatic carbocycles. The summed E-state index contributed by atoms with van der Waals surface area (Å²) in [4.78, 5) is 2.93. The van der Waals surface area contributed by atoms with Gasteiger partial charge in [0.15, 0.2) is 5.69 Å². The summed E-state index contributed by atoms with van der Waals surface area (Å²) in [5, 5.41) is 20.1. The highest BCUT2D eigenvalue weighted by atomic mass is 35.5. The maximum absolute atomic E-state index is 10.1. The number of fused-ring (bicyclic) bond motifs is 1. The molecule has 118 valence electrons. The number of halogens is 1. The lowest BCUT2D eigenvalue weighted by Crippen LogP contribution is -1.85. The van der Waals surface area contributed by atoms with E-state index in [1.807, 2.05) is 37.3 Å². The Balaban J connectivity index is 2.08. The number of aromatic nitrogens is 1. The van der Waals surface area contributed by atoms with Crippen LogP contribution in [0.1, 0.15) is 30.9 Å². The molecule has 0 bridgehead atoms. The molecule has 5 heteroatoms. The fourth-order valence-electron chi connectivity index (χ4n) is 2.44. The van der Waals surface area contributed by atoms with Crippen LogP contribution in [-0.2, 0) is 0 Å². The average Bonchev–Trinajstić information content (AvgIpc) is 2.82. The molecule has 0 aliphatic carbocycles. The van der Waals surface area contributed by atoms with E-state index in [2.05, 4.69) is 29.1 Å². The minimum absolute atomic E-state index is 0.0179. The Morgan fingerprint density at radius 3 is 2.61 bits per heavy atom. The molecular weight excluding hydrogens is 310 g/mol. The molecule has 3 aromatic rings. The van der Waals surface area contributed by atoms with E-state index in [-0.39, 0.29) is 5.88 Å². The predicted molar refractivity (Wildman–Crippen MR) is 94.4 cm³/mol. The maximum atomic E-state index is 10.1. The second kappa shape index (κ2) is 6.05. The summed E-state index contributed by atoms with van der Waals surface area (Å²) in [6.45, 7) is 6.20. The number of nitrogens with zero attached hydrogens (tertiary/aromatic N) is 2. The summed E-state index contributed by atoms with van der Waals surface area (Å²) in [5.74, 6) is 0.417. The number of aromatic amines is 1. The zero-order chi connectivity index (χ0) is 16.6. The first-order chi connectivity index (χ1) is 11.0. The van der Waals surface area contributed by atoms with Crippen molar-refractivity contribution in [2.75, 3.05) is 0 Å². The van der Waals surface area contributed by atoms with Crippen molar-refractivity contribution in [1.29, 1.82) is 0 Å². The number of rotatable bonds is 3. The van der Waals surface area contributed by atoms with Crippen LogP contribution in [-0.4, -0.2) is 10.1 Å². The number of aryl methyl sites for hydroxylation is 1. The first kappa shape index (κ1) is 15.6. The Bertz CT molecular complexity index is 897. The summed E-state index contributed by atoms with van der Waals surface area (Å²) < 4.78 is 0. The average molecular weight is 328 g/mol. The van der Waals surface area contributed by atoms with E-state index in [1.54, 1.807) is 6.07 Å². The summed E-state index contributed by atoms with van der Waals surface area (Å²) in [5.41, 5.74) is 4.13. The molecule has 1 heterocycles. The van der Waals surface area contributed by atoms with Crippen LogP contribution in [0, 0.1) is 6.92 Å². The second-order valence-corrected chi connectivity index (χ2v) is 6.35. The highest BCUT2D eigenvalue weighted by Gasteiger charge is 2.12. The molecule has 0 aliphatic heterocycles. The lowest BCUT2D eigenvalue weighted by atomic mass is 10.0. The van der Waals surface area contributed by atoms with Gasteiger partial charge in [-0.05, 0) is 48.2 Å². The summed E-state index contributed by atoms with van der Waals surface area (Å²) >= 11 is 6.00. The number of H-pyrrole nitrogens is 1. The molecule has 0 saturated heterocycles. The van der Waals surface area contributed by atoms with E-state index >= 15 is 0 Å². The van der Waals surface area contributed by atoms with Gasteiger partial charge in [-0.15, -0.1) is 5.11 Å². The Morgan fingerprint density at radius 2 is 1.87 bits per heavy atom. The van der Waals surface area contributed by atoms with Gasteiger partial charge in [0, 0.05) is 10.4 Å². The van der Waals surface area contributed by atoms with Crippen molar-refractivity contribution in [2.24, 2.45) is 10.2 Å². The van der Waals surface area contributed by atoms with Crippen molar-refractivity contribution >= 4 is 33.9 Å². The zero-order valence-corrected chi connectivity index (χ0v) is 14.0. The fraction of sp³-hybridized carbons (Fsp3) is 0.222. The van der Waals surface area contributed by atoms with Crippen molar-refractivity contribution in [3.8, 4) is 5.88 Å². The number of nitrogens with one attached hydrogen (secondary N) is 1. The van der Waals surface area contributed by atoms with Crippen molar-refractivity contribution in [2.45, 2.75) is 26.7 Å². The molecular formula is C18H18ClN3O. The third-order valence-electron chi connectivity index (χ3n) is 3.87. The standard InChI is InChI=1S/C18H18ClN3O/c1-10(2)12-5-7-15-14(8-12)17(18(23)20-15)22-21-16-9-13(19)6-4-11(16)3/h4-10,20,23H,1-3H3. The normalized spacial score (nSPS) is 11.9. The van der Waals surface area contributed by atoms with Crippen molar-refractivity contribution in [1.82, 2.24) is 4.98 Å². The predicted octanol–water partition coefficient (Wildman–Crippen LogP) is 6.37. The van der Waals surface area contributed by atoms with Gasteiger partial charge in [0.25, 0.3) is 0 Å². The molecule has 4 nitrogen and oxygen atoms in total. The van der Waals surface area contributed by atoms with Gasteiger partial charge in [-0.3, -0.25) is 0 Å². The fourth-order valence-corrected chi connectivity index (χ4v) is 2.60. The van der Waals surface area contributed by atoms with Crippen LogP contribution < -0.4 is 0 Å². The number of aromatic hydroxyl groups is 1. The Hall–Kier alpha value is -2.33. The molecule has 0 unspecified atom stereocenters. The van der Waals surface area contributed by atoms with Crippen LogP contribution in [0.3, 0.4) is 0 Å². The van der Waals surface area contributed by atoms with Crippen LogP contribution in [0.15, 0.2) is 46.6 Å². The molecule has 0 fully saturated rings. The maximum Gasteiger partial charge on any atom is 0.218 e. The van der Waals surface area contributed by atoms with Gasteiger partial charge >= 0.3 is 0 Å². The van der Waals surface area contributed by atoms with Crippen molar-refractivity contribution in [3.63, 3.8) is 0 Å². The van der Waals surface area contributed by atoms with Crippen LogP contribution in [0.5, 0.6) is 5.88 Å². The van der Waals surface area contributed by atoms with Gasteiger partial charge in [-0.25, -0.2) is 0 Å². The highest BCUT2D eigenvalue weighted by molar-refractivity contribution is 6.30. The molecule has 1 aromatic heterocycles. The van der Waals surface area contributed by atoms with Gasteiger partial charge in [0.05, 0.1) is 11.2 Å². The van der Waals surface area contributed by atoms with E-state index in [4.69, 9.17) is 11.6 Å². The Morgan fingerprint density at radius 1 is 1.09 bits per heavy atom. The van der Waals surface area contributed by atoms with Crippen molar-refractivity contribution < 1.29 is 5.11 Å². The summed E-state index contributed by atoms with van der Waals surface area (Å²) in [6.07, 6.45) is 0. The van der Waals surface area contributed by atoms with E-state index in [0.717, 1.165) is 16.5 Å². The van der Waals surface area contributed by atoms with Crippen molar-refractivity contribution in [3.05, 3.63) is 52.5 Å². The Labute approximate surface area is 139 Å². The number of hydrogen-bond acceptors (Lipinski definition) is 3. The van der Waals surface area contributed by atoms with Gasteiger partial charge in [0.2, 0.25) is 5.88 Å². The molecule has 0 aliphatic rings. The summed E-state index contributed by atoms with van der Waals surface area (Å²) in [7, 11) is 0. The van der Waals surface area contributed by atoms with E-state index in [9.17, 15) is 5.11 Å². The topological polar surface area (TPSA) is 60.7 Å². The van der Waals surface area contributed by atoms with Gasteiger partial charge in [-0.2, -0.15) is 5.11 Å². The zero-order valence-electron chi connectivity index (χ0n) is 13.3. The monoisotopic (exact) mass is 327 g/mol. The highest BCUT2D eigenvalue weighted by Crippen LogP contribution is 2.38. The van der Waals surface area contributed by atoms with Crippen LogP contribution in [0.4, 0.5) is 11.4 Å². The molecule has 0 spiro atoms. The quantitative estimate of drug-likeness (QED) is 0.539. The minimum atomic E-state index is 0.0179. The first-order valence-electron chi connectivity index (χ1n) is 7.48. The minimum Gasteiger partial charge on any atom is -0.493 e. The first-order valence-corrected chi connectivity index (χ1v) is 7.86. The lowest BCUT2D eigenvalue weighted by molar-refractivity contribution is 0.459. The second-order valence-electron chi connectivity index (χ2n) is 5.91. The van der Waals surface area contributed by atoms with Crippen LogP contribution in [0.25, 0.3) is 10.9 Å². The molecule has 0 radical (unpaired) electrons. The summed E-state index contributed by atoms with van der Waals surface area (Å²) in [6, 6.07) is 11.5. The molecule has 0 atom stereocenters. The Kier molecular flexibility index (Phi) is 4.09. The molecule has 0 amide bonds. The number of azo groups is 1. The molecule has 23 heavy (non-hydrogen) atoms. The van der Waals surface area contributed by atoms with Gasteiger partial charge in [0.1, 0.15) is 0 Å². The molecule has 2 N–H and O–H groups in total. The smallest absolute Gasteiger partial charge is 0.218 e. The number of hydrogen-bond donors (Lipinski definition) is 2. The largest absolute Gasteiger partial charge is 0.493 e. The third-order valence-corrected chi connectivity index (χ3v) is 4.11. The van der Waals surface area contributed by atoms with Crippen LogP contribution >= 0.6 is 11.6 Å².